The average Bonchev–Trinajstić information content (AvgIpc) is 3.38. The number of halogens is 1. The van der Waals surface area contributed by atoms with Crippen molar-refractivity contribution in [2.24, 2.45) is 0 Å². The van der Waals surface area contributed by atoms with Crippen LogP contribution in [-0.2, 0) is 4.74 Å². The number of hydrogen-bond acceptors (Lipinski definition) is 5. The van der Waals surface area contributed by atoms with Crippen LogP contribution in [0.3, 0.4) is 0 Å². The van der Waals surface area contributed by atoms with Gasteiger partial charge in [-0.15, -0.1) is 5.10 Å². The highest BCUT2D eigenvalue weighted by Gasteiger charge is 2.26. The standard InChI is InChI=1S/C20H21FN6O2/c1-13-24-25-26-27(13)19-10-16(7-8-18(19)21)23-20(28)22-11-17-9-15(12-29-17)14-5-3-2-4-6-14/h2-8,10,15,17H,9,11-12H2,1H3,(H2,22,23,28)/t15-,17-/m0/s1. The number of amides is 2. The fourth-order valence-corrected chi connectivity index (χ4v) is 3.39. The topological polar surface area (TPSA) is 94.0 Å². The quantitative estimate of drug-likeness (QED) is 0.692. The molecule has 0 bridgehead atoms. The van der Waals surface area contributed by atoms with Gasteiger partial charge in [0.05, 0.1) is 12.7 Å². The maximum absolute atomic E-state index is 14.1. The average molecular weight is 396 g/mol. The minimum absolute atomic E-state index is 0.0430. The number of nitrogens with zero attached hydrogens (tertiary/aromatic N) is 4. The maximum Gasteiger partial charge on any atom is 0.319 e. The minimum Gasteiger partial charge on any atom is -0.376 e. The molecule has 2 amide bonds. The molecular formula is C20H21FN6O2. The molecule has 0 spiro atoms. The fourth-order valence-electron chi connectivity index (χ4n) is 3.39. The second-order valence-corrected chi connectivity index (χ2v) is 6.94. The molecule has 2 N–H and O–H groups in total. The lowest BCUT2D eigenvalue weighted by atomic mass is 9.96. The van der Waals surface area contributed by atoms with Crippen molar-refractivity contribution in [3.05, 3.63) is 65.7 Å². The summed E-state index contributed by atoms with van der Waals surface area (Å²) in [5.41, 5.74) is 1.84. The second-order valence-electron chi connectivity index (χ2n) is 6.94. The zero-order valence-corrected chi connectivity index (χ0v) is 15.9. The molecule has 0 aliphatic carbocycles. The van der Waals surface area contributed by atoms with Crippen molar-refractivity contribution in [2.45, 2.75) is 25.4 Å². The van der Waals surface area contributed by atoms with Crippen LogP contribution in [0.4, 0.5) is 14.9 Å². The number of carbonyl (C=O) groups excluding carboxylic acids is 1. The van der Waals surface area contributed by atoms with Crippen molar-refractivity contribution in [3.63, 3.8) is 0 Å². The number of carbonyl (C=O) groups is 1. The van der Waals surface area contributed by atoms with Crippen LogP contribution < -0.4 is 10.6 Å². The molecule has 1 aromatic heterocycles. The molecule has 150 valence electrons. The second kappa shape index (κ2) is 8.36. The summed E-state index contributed by atoms with van der Waals surface area (Å²) in [4.78, 5) is 12.3. The van der Waals surface area contributed by atoms with Crippen LogP contribution in [-0.4, -0.2) is 45.5 Å². The summed E-state index contributed by atoms with van der Waals surface area (Å²) in [7, 11) is 0. The molecule has 0 saturated carbocycles. The lowest BCUT2D eigenvalue weighted by molar-refractivity contribution is 0.110. The van der Waals surface area contributed by atoms with Gasteiger partial charge >= 0.3 is 6.03 Å². The van der Waals surface area contributed by atoms with Gasteiger partial charge in [0.15, 0.2) is 5.82 Å². The van der Waals surface area contributed by atoms with Gasteiger partial charge in [-0.25, -0.2) is 9.18 Å². The predicted octanol–water partition coefficient (Wildman–Crippen LogP) is 2.80. The zero-order chi connectivity index (χ0) is 20.2. The molecular weight excluding hydrogens is 375 g/mol. The highest BCUT2D eigenvalue weighted by Crippen LogP contribution is 2.28. The fraction of sp³-hybridized carbons (Fsp3) is 0.300. The summed E-state index contributed by atoms with van der Waals surface area (Å²) >= 11 is 0. The number of nitrogens with one attached hydrogen (secondary N) is 2. The van der Waals surface area contributed by atoms with Crippen LogP contribution in [0.1, 0.15) is 23.7 Å². The van der Waals surface area contributed by atoms with Gasteiger partial charge in [0.2, 0.25) is 0 Å². The van der Waals surface area contributed by atoms with Gasteiger partial charge in [0.1, 0.15) is 11.5 Å². The van der Waals surface area contributed by atoms with Gasteiger partial charge in [0.25, 0.3) is 0 Å². The molecule has 29 heavy (non-hydrogen) atoms. The molecule has 8 nitrogen and oxygen atoms in total. The third-order valence-corrected chi connectivity index (χ3v) is 4.90. The van der Waals surface area contributed by atoms with Crippen LogP contribution in [0.15, 0.2) is 48.5 Å². The Balaban J connectivity index is 1.32. The van der Waals surface area contributed by atoms with Gasteiger partial charge < -0.3 is 15.4 Å². The monoisotopic (exact) mass is 396 g/mol. The van der Waals surface area contributed by atoms with E-state index in [1.165, 1.54) is 28.4 Å². The Morgan fingerprint density at radius 2 is 2.10 bits per heavy atom. The lowest BCUT2D eigenvalue weighted by Gasteiger charge is -2.13. The zero-order valence-electron chi connectivity index (χ0n) is 15.9. The summed E-state index contributed by atoms with van der Waals surface area (Å²) < 4.78 is 21.2. The van der Waals surface area contributed by atoms with Crippen molar-refractivity contribution < 1.29 is 13.9 Å². The van der Waals surface area contributed by atoms with E-state index in [0.29, 0.717) is 30.6 Å². The summed E-state index contributed by atoms with van der Waals surface area (Å²) in [5, 5.41) is 16.5. The number of rotatable bonds is 5. The molecule has 0 radical (unpaired) electrons. The molecule has 3 aromatic rings. The van der Waals surface area contributed by atoms with Gasteiger partial charge in [-0.1, -0.05) is 30.3 Å². The van der Waals surface area contributed by atoms with Crippen molar-refractivity contribution in [1.82, 2.24) is 25.5 Å². The first-order valence-electron chi connectivity index (χ1n) is 9.36. The number of hydrogen-bond donors (Lipinski definition) is 2. The largest absolute Gasteiger partial charge is 0.376 e. The van der Waals surface area contributed by atoms with E-state index in [0.717, 1.165) is 6.42 Å². The van der Waals surface area contributed by atoms with E-state index in [1.54, 1.807) is 6.92 Å². The van der Waals surface area contributed by atoms with Crippen LogP contribution in [0, 0.1) is 12.7 Å². The molecule has 0 unspecified atom stereocenters. The van der Waals surface area contributed by atoms with Gasteiger partial charge in [0, 0.05) is 18.2 Å². The molecule has 4 rings (SSSR count). The Hall–Kier alpha value is -3.33. The molecule has 1 fully saturated rings. The Kier molecular flexibility index (Phi) is 5.48. The number of aromatic nitrogens is 4. The van der Waals surface area contributed by atoms with Crippen molar-refractivity contribution in [1.29, 1.82) is 0 Å². The van der Waals surface area contributed by atoms with Crippen LogP contribution in [0.5, 0.6) is 0 Å². The van der Waals surface area contributed by atoms with Crippen LogP contribution in [0.2, 0.25) is 0 Å². The molecule has 9 heteroatoms. The Bertz CT molecular complexity index is 994. The molecule has 2 aromatic carbocycles. The molecule has 2 atom stereocenters. The lowest BCUT2D eigenvalue weighted by Crippen LogP contribution is -2.35. The van der Waals surface area contributed by atoms with Crippen molar-refractivity contribution in [2.75, 3.05) is 18.5 Å². The summed E-state index contributed by atoms with van der Waals surface area (Å²) in [6.45, 7) is 2.70. The van der Waals surface area contributed by atoms with E-state index in [4.69, 9.17) is 4.74 Å². The van der Waals surface area contributed by atoms with Gasteiger partial charge in [-0.05, 0) is 47.5 Å². The smallest absolute Gasteiger partial charge is 0.319 e. The van der Waals surface area contributed by atoms with E-state index in [-0.39, 0.29) is 17.8 Å². The summed E-state index contributed by atoms with van der Waals surface area (Å²) in [6, 6.07) is 14.0. The third kappa shape index (κ3) is 4.40. The van der Waals surface area contributed by atoms with Gasteiger partial charge in [-0.2, -0.15) is 4.68 Å². The first-order chi connectivity index (χ1) is 14.1. The van der Waals surface area contributed by atoms with Crippen molar-refractivity contribution in [3.8, 4) is 5.69 Å². The number of tetrazole rings is 1. The van der Waals surface area contributed by atoms with Gasteiger partial charge in [-0.3, -0.25) is 0 Å². The highest BCUT2D eigenvalue weighted by atomic mass is 19.1. The Morgan fingerprint density at radius 3 is 2.86 bits per heavy atom. The van der Waals surface area contributed by atoms with Crippen LogP contribution in [0.25, 0.3) is 5.69 Å². The molecule has 1 saturated heterocycles. The van der Waals surface area contributed by atoms with E-state index in [9.17, 15) is 9.18 Å². The number of aryl methyl sites for hydroxylation is 1. The number of anilines is 1. The minimum atomic E-state index is -0.488. The maximum atomic E-state index is 14.1. The number of urea groups is 1. The van der Waals surface area contributed by atoms with Crippen LogP contribution >= 0.6 is 0 Å². The first-order valence-corrected chi connectivity index (χ1v) is 9.36. The van der Waals surface area contributed by atoms with E-state index >= 15 is 0 Å². The summed E-state index contributed by atoms with van der Waals surface area (Å²) in [6.07, 6.45) is 0.808. The van der Waals surface area contributed by atoms with E-state index in [1.807, 2.05) is 18.2 Å². The normalized spacial score (nSPS) is 18.6. The van der Waals surface area contributed by atoms with E-state index in [2.05, 4.69) is 38.3 Å². The number of benzene rings is 2. The summed E-state index contributed by atoms with van der Waals surface area (Å²) in [5.74, 6) is 0.291. The van der Waals surface area contributed by atoms with Crippen molar-refractivity contribution >= 4 is 11.7 Å². The first kappa shape index (κ1) is 19.0. The molecule has 1 aliphatic rings. The Morgan fingerprint density at radius 1 is 1.28 bits per heavy atom. The highest BCUT2D eigenvalue weighted by molar-refractivity contribution is 5.89. The van der Waals surface area contributed by atoms with E-state index < -0.39 is 5.82 Å². The Labute approximate surface area is 167 Å². The molecule has 1 aliphatic heterocycles. The predicted molar refractivity (Wildman–Crippen MR) is 104 cm³/mol. The number of ether oxygens (including phenoxy) is 1. The third-order valence-electron chi connectivity index (χ3n) is 4.90. The molecule has 2 heterocycles. The SMILES string of the molecule is Cc1nnnn1-c1cc(NC(=O)NC[C@@H]2C[C@H](c3ccccc3)CO2)ccc1F.